The molecule has 0 aliphatic heterocycles. The lowest BCUT2D eigenvalue weighted by molar-refractivity contribution is 1.82. The van der Waals surface area contributed by atoms with E-state index in [0.29, 0.717) is 0 Å². The predicted octanol–water partition coefficient (Wildman–Crippen LogP) is 4.07. The number of halogens is 1. The van der Waals surface area contributed by atoms with Crippen molar-refractivity contribution in [1.29, 1.82) is 0 Å². The van der Waals surface area contributed by atoms with Gasteiger partial charge >= 0.3 is 0 Å². The monoisotopic (exact) mass is 180 g/mol. The lowest BCUT2D eigenvalue weighted by Gasteiger charge is -1.94. The van der Waals surface area contributed by atoms with E-state index >= 15 is 0 Å². The predicted molar refractivity (Wildman–Crippen MR) is 51.5 cm³/mol. The lowest BCUT2D eigenvalue weighted by atomic mass is 10.2. The van der Waals surface area contributed by atoms with Gasteiger partial charge in [0.1, 0.15) is 0 Å². The van der Waals surface area contributed by atoms with Gasteiger partial charge in [-0.3, -0.25) is 0 Å². The van der Waals surface area contributed by atoms with Crippen molar-refractivity contribution >= 4 is 30.3 Å². The second-order valence-corrected chi connectivity index (χ2v) is 3.82. The average molecular weight is 181 g/mol. The molecule has 0 unspecified atom stereocenters. The normalized spacial score (nSPS) is 11.0. The molecule has 0 saturated heterocycles. The fourth-order valence-corrected chi connectivity index (χ4v) is 2.13. The third kappa shape index (κ3) is 1.38. The quantitative estimate of drug-likeness (QED) is 0.573. The summed E-state index contributed by atoms with van der Waals surface area (Å²) in [6.45, 7) is 0. The number of hydrogen-bond acceptors (Lipinski definition) is 0. The summed E-state index contributed by atoms with van der Waals surface area (Å²) in [6.07, 6.45) is 0. The van der Waals surface area contributed by atoms with Gasteiger partial charge in [-0.25, -0.2) is 0 Å². The zero-order valence-corrected chi connectivity index (χ0v) is 7.44. The molecule has 0 atom stereocenters. The van der Waals surface area contributed by atoms with Gasteiger partial charge in [-0.05, 0) is 23.3 Å². The molecule has 0 N–H and O–H groups in total. The number of rotatable bonds is 0. The van der Waals surface area contributed by atoms with Crippen LogP contribution in [-0.4, -0.2) is 0 Å². The van der Waals surface area contributed by atoms with Crippen LogP contribution in [0.25, 0.3) is 10.5 Å². The van der Waals surface area contributed by atoms with Crippen LogP contribution >= 0.6 is 19.8 Å². The van der Waals surface area contributed by atoms with Gasteiger partial charge in [-0.15, -0.1) is 0 Å². The van der Waals surface area contributed by atoms with Crippen molar-refractivity contribution in [1.82, 2.24) is 0 Å². The molecule has 0 amide bonds. The summed E-state index contributed by atoms with van der Waals surface area (Å²) in [5.41, 5.74) is 0. The maximum atomic E-state index is 5.83. The van der Waals surface area contributed by atoms with E-state index in [9.17, 15) is 0 Å². The molecule has 0 saturated carbocycles. The Morgan fingerprint density at radius 3 is 3.00 bits per heavy atom. The first-order valence-corrected chi connectivity index (χ1v) is 4.71. The largest absolute Gasteiger partial charge is 0.0843 e. The fourth-order valence-electron chi connectivity index (χ4n) is 1.04. The Hall–Kier alpha value is -0.580. The lowest BCUT2D eigenvalue weighted by Crippen LogP contribution is -1.66. The van der Waals surface area contributed by atoms with Gasteiger partial charge in [-0.1, -0.05) is 38.0 Å². The highest BCUT2D eigenvalue weighted by Crippen LogP contribution is 2.25. The summed E-state index contributed by atoms with van der Waals surface area (Å²) < 4.78 is 0. The second kappa shape index (κ2) is 2.81. The van der Waals surface area contributed by atoms with E-state index in [1.807, 2.05) is 18.2 Å². The number of hydrogen-bond donors (Lipinski definition) is 0. The van der Waals surface area contributed by atoms with Crippen LogP contribution in [-0.2, 0) is 0 Å². The van der Waals surface area contributed by atoms with Gasteiger partial charge in [-0.2, -0.15) is 0 Å². The van der Waals surface area contributed by atoms with Crippen molar-refractivity contribution in [3.8, 4) is 0 Å². The summed E-state index contributed by atoms with van der Waals surface area (Å²) in [6, 6.07) is 10.2. The SMILES string of the molecule is Clc1ccc2cccpc2c1. The highest BCUT2D eigenvalue weighted by Gasteiger charge is 1.91. The van der Waals surface area contributed by atoms with Gasteiger partial charge in [0.05, 0.1) is 0 Å². The Bertz CT molecular complexity index is 384. The Kier molecular flexibility index (Phi) is 1.81. The number of fused-ring (bicyclic) bond motifs is 1. The van der Waals surface area contributed by atoms with Crippen LogP contribution in [0.15, 0.2) is 36.1 Å². The first-order valence-electron chi connectivity index (χ1n) is 3.36. The summed E-state index contributed by atoms with van der Waals surface area (Å²) in [7, 11) is 1.24. The van der Waals surface area contributed by atoms with Crippen molar-refractivity contribution in [3.63, 3.8) is 0 Å². The van der Waals surface area contributed by atoms with Gasteiger partial charge < -0.3 is 0 Å². The second-order valence-electron chi connectivity index (χ2n) is 2.34. The minimum atomic E-state index is 0.819. The molecule has 0 fully saturated rings. The molecule has 2 aromatic rings. The molecule has 1 aromatic carbocycles. The van der Waals surface area contributed by atoms with Gasteiger partial charge in [0.2, 0.25) is 0 Å². The van der Waals surface area contributed by atoms with Crippen LogP contribution in [0.3, 0.4) is 0 Å². The van der Waals surface area contributed by atoms with Crippen LogP contribution in [0.1, 0.15) is 0 Å². The standard InChI is InChI=1S/C9H6ClP/c10-8-4-3-7-2-1-5-11-9(7)6-8/h1-6H. The van der Waals surface area contributed by atoms with E-state index in [-0.39, 0.29) is 0 Å². The van der Waals surface area contributed by atoms with Crippen molar-refractivity contribution in [3.05, 3.63) is 41.2 Å². The Morgan fingerprint density at radius 1 is 1.18 bits per heavy atom. The molecule has 0 nitrogen and oxygen atoms in total. The summed E-state index contributed by atoms with van der Waals surface area (Å²) in [5, 5.41) is 3.39. The molecular weight excluding hydrogens is 175 g/mol. The van der Waals surface area contributed by atoms with Crippen molar-refractivity contribution in [2.75, 3.05) is 0 Å². The molecule has 1 heterocycles. The topological polar surface area (TPSA) is 0 Å². The smallest absolute Gasteiger partial charge is 0.0415 e. The Balaban J connectivity index is 2.83. The van der Waals surface area contributed by atoms with Gasteiger partial charge in [0, 0.05) is 10.1 Å². The van der Waals surface area contributed by atoms with E-state index in [4.69, 9.17) is 11.6 Å². The minimum absolute atomic E-state index is 0.819. The van der Waals surface area contributed by atoms with E-state index in [0.717, 1.165) is 5.02 Å². The summed E-state index contributed by atoms with van der Waals surface area (Å²) in [4.78, 5) is 0. The molecular formula is C9H6ClP. The molecule has 0 bridgehead atoms. The van der Waals surface area contributed by atoms with E-state index < -0.39 is 0 Å². The molecule has 2 heteroatoms. The van der Waals surface area contributed by atoms with Crippen molar-refractivity contribution in [2.24, 2.45) is 0 Å². The molecule has 11 heavy (non-hydrogen) atoms. The molecule has 0 spiro atoms. The fraction of sp³-hybridized carbons (Fsp3) is 0. The minimum Gasteiger partial charge on any atom is -0.0843 e. The first-order chi connectivity index (χ1) is 5.36. The maximum absolute atomic E-state index is 5.83. The first kappa shape index (κ1) is 7.09. The van der Waals surface area contributed by atoms with Crippen LogP contribution in [0.4, 0.5) is 0 Å². The van der Waals surface area contributed by atoms with Crippen LogP contribution in [0.2, 0.25) is 5.02 Å². The maximum Gasteiger partial charge on any atom is 0.0415 e. The van der Waals surface area contributed by atoms with Gasteiger partial charge in [0.15, 0.2) is 0 Å². The molecule has 1 aromatic heterocycles. The van der Waals surface area contributed by atoms with Crippen molar-refractivity contribution < 1.29 is 0 Å². The molecule has 0 aliphatic rings. The average Bonchev–Trinajstić information content (AvgIpc) is 2.04. The summed E-state index contributed by atoms with van der Waals surface area (Å²) in [5.74, 6) is 2.11. The Labute approximate surface area is 71.9 Å². The van der Waals surface area contributed by atoms with E-state index in [2.05, 4.69) is 17.9 Å². The van der Waals surface area contributed by atoms with Crippen LogP contribution in [0.5, 0.6) is 0 Å². The van der Waals surface area contributed by atoms with E-state index in [1.165, 1.54) is 18.7 Å². The highest BCUT2D eigenvalue weighted by molar-refractivity contribution is 7.35. The van der Waals surface area contributed by atoms with Crippen LogP contribution < -0.4 is 0 Å². The third-order valence-corrected chi connectivity index (χ3v) is 2.79. The third-order valence-electron chi connectivity index (χ3n) is 1.57. The Morgan fingerprint density at radius 2 is 2.09 bits per heavy atom. The zero-order chi connectivity index (χ0) is 7.68. The highest BCUT2D eigenvalue weighted by atomic mass is 35.5. The molecule has 0 radical (unpaired) electrons. The molecule has 0 aliphatic carbocycles. The number of benzene rings is 1. The van der Waals surface area contributed by atoms with Crippen LogP contribution in [0, 0.1) is 0 Å². The van der Waals surface area contributed by atoms with Gasteiger partial charge in [0.25, 0.3) is 0 Å². The molecule has 2 rings (SSSR count). The summed E-state index contributed by atoms with van der Waals surface area (Å²) >= 11 is 5.83. The van der Waals surface area contributed by atoms with E-state index in [1.54, 1.807) is 0 Å². The van der Waals surface area contributed by atoms with Crippen molar-refractivity contribution in [2.45, 2.75) is 0 Å². The molecule has 54 valence electrons. The zero-order valence-electron chi connectivity index (χ0n) is 5.79.